The minimum absolute atomic E-state index is 0. The highest BCUT2D eigenvalue weighted by Gasteiger charge is 2.45. The fourth-order valence-corrected chi connectivity index (χ4v) is 5.63. The molecule has 34 heavy (non-hydrogen) atoms. The molecule has 5 rings (SSSR count). The molecule has 0 unspecified atom stereocenters. The van der Waals surface area contributed by atoms with Gasteiger partial charge in [-0.1, -0.05) is 0 Å². The average molecular weight is 496 g/mol. The van der Waals surface area contributed by atoms with Crippen molar-refractivity contribution in [2.75, 3.05) is 44.8 Å². The molecule has 3 fully saturated rings. The van der Waals surface area contributed by atoms with Crippen molar-refractivity contribution in [3.05, 3.63) is 45.1 Å². The van der Waals surface area contributed by atoms with Gasteiger partial charge in [0, 0.05) is 25.6 Å². The molecule has 0 radical (unpaired) electrons. The third kappa shape index (κ3) is 4.08. The number of aromatic carboxylic acids is 1. The first kappa shape index (κ1) is 24.9. The van der Waals surface area contributed by atoms with Crippen LogP contribution in [0.15, 0.2) is 17.1 Å². The molecule has 0 atom stereocenters. The fourth-order valence-electron chi connectivity index (χ4n) is 5.63. The number of anilines is 1. The number of hydrogen-bond donors (Lipinski definition) is 2. The van der Waals surface area contributed by atoms with Crippen LogP contribution in [0.25, 0.3) is 5.52 Å². The zero-order chi connectivity index (χ0) is 23.3. The Labute approximate surface area is 203 Å². The Bertz CT molecular complexity index is 1150. The highest BCUT2D eigenvalue weighted by Crippen LogP contribution is 2.44. The van der Waals surface area contributed by atoms with Crippen LogP contribution in [0, 0.1) is 18.7 Å². The van der Waals surface area contributed by atoms with Gasteiger partial charge in [0.05, 0.1) is 30.6 Å². The first-order valence-corrected chi connectivity index (χ1v) is 11.7. The van der Waals surface area contributed by atoms with E-state index in [4.69, 9.17) is 9.47 Å². The fraction of sp³-hybridized carbons (Fsp3) is 0.583. The molecule has 10 heteroatoms. The van der Waals surface area contributed by atoms with E-state index in [2.05, 4.69) is 5.32 Å². The van der Waals surface area contributed by atoms with Gasteiger partial charge in [0.25, 0.3) is 5.56 Å². The van der Waals surface area contributed by atoms with Gasteiger partial charge in [-0.2, -0.15) is 0 Å². The van der Waals surface area contributed by atoms with Crippen LogP contribution in [-0.4, -0.2) is 61.2 Å². The maximum atomic E-state index is 15.4. The normalized spacial score (nSPS) is 20.5. The quantitative estimate of drug-likeness (QED) is 0.636. The number of halogens is 2. The van der Waals surface area contributed by atoms with Crippen LogP contribution in [0.5, 0.6) is 0 Å². The van der Waals surface area contributed by atoms with Gasteiger partial charge in [-0.05, 0) is 62.8 Å². The third-order valence-corrected chi connectivity index (χ3v) is 7.32. The molecule has 2 N–H and O–H groups in total. The van der Waals surface area contributed by atoms with Crippen LogP contribution in [-0.2, 0) is 9.47 Å². The summed E-state index contributed by atoms with van der Waals surface area (Å²) in [6, 6.07) is 1.49. The second-order valence-electron chi connectivity index (χ2n) is 9.37. The number of hydrogen-bond acceptors (Lipinski definition) is 6. The lowest BCUT2D eigenvalue weighted by molar-refractivity contribution is -0.195. The Morgan fingerprint density at radius 3 is 2.44 bits per heavy atom. The highest BCUT2D eigenvalue weighted by molar-refractivity contribution is 5.89. The van der Waals surface area contributed by atoms with Gasteiger partial charge in [0.15, 0.2) is 11.6 Å². The number of fused-ring (bicyclic) bond motifs is 1. The number of rotatable bonds is 6. The summed E-state index contributed by atoms with van der Waals surface area (Å²) in [5.74, 6) is -2.01. The molecule has 0 aromatic carbocycles. The SMILES string of the molecule is CNCC1(C2CCN(c3c(F)cn4c(=O)c(C(=O)O)cc(C5CC5)c4c3C)CC2)OCCO1.Cl. The Hall–Kier alpha value is -2.20. The van der Waals surface area contributed by atoms with Crippen molar-refractivity contribution in [2.45, 2.75) is 44.3 Å². The summed E-state index contributed by atoms with van der Waals surface area (Å²) >= 11 is 0. The summed E-state index contributed by atoms with van der Waals surface area (Å²) in [6.45, 7) is 4.90. The van der Waals surface area contributed by atoms with E-state index in [9.17, 15) is 14.7 Å². The molecule has 8 nitrogen and oxygen atoms in total. The molecule has 2 aromatic heterocycles. The first-order valence-electron chi connectivity index (χ1n) is 11.7. The number of nitrogens with zero attached hydrogens (tertiary/aromatic N) is 2. The van der Waals surface area contributed by atoms with Crippen molar-refractivity contribution >= 4 is 29.6 Å². The smallest absolute Gasteiger partial charge is 0.341 e. The summed E-state index contributed by atoms with van der Waals surface area (Å²) < 4.78 is 28.6. The topological polar surface area (TPSA) is 92.5 Å². The summed E-state index contributed by atoms with van der Waals surface area (Å²) in [4.78, 5) is 26.5. The molecular formula is C24H31ClFN3O5. The van der Waals surface area contributed by atoms with Crippen molar-refractivity contribution in [1.29, 1.82) is 0 Å². The van der Waals surface area contributed by atoms with Crippen molar-refractivity contribution in [1.82, 2.24) is 9.72 Å². The van der Waals surface area contributed by atoms with Crippen LogP contribution in [0.4, 0.5) is 10.1 Å². The molecule has 1 aliphatic carbocycles. The molecule has 0 amide bonds. The Morgan fingerprint density at radius 1 is 1.24 bits per heavy atom. The first-order chi connectivity index (χ1) is 15.9. The van der Waals surface area contributed by atoms with Crippen LogP contribution in [0.1, 0.15) is 53.1 Å². The van der Waals surface area contributed by atoms with E-state index >= 15 is 4.39 Å². The summed E-state index contributed by atoms with van der Waals surface area (Å²) in [6.07, 6.45) is 4.64. The van der Waals surface area contributed by atoms with Crippen molar-refractivity contribution in [2.24, 2.45) is 5.92 Å². The van der Waals surface area contributed by atoms with E-state index in [1.165, 1.54) is 10.5 Å². The number of carboxylic acids is 1. The number of pyridine rings is 2. The minimum atomic E-state index is -1.28. The van der Waals surface area contributed by atoms with E-state index in [0.29, 0.717) is 49.6 Å². The van der Waals surface area contributed by atoms with E-state index < -0.39 is 23.1 Å². The monoisotopic (exact) mass is 495 g/mol. The number of likely N-dealkylation sites (N-methyl/N-ethyl adjacent to an activating group) is 1. The maximum Gasteiger partial charge on any atom is 0.341 e. The molecule has 0 bridgehead atoms. The number of nitrogens with one attached hydrogen (secondary N) is 1. The van der Waals surface area contributed by atoms with E-state index in [1.807, 2.05) is 18.9 Å². The van der Waals surface area contributed by atoms with E-state index in [1.54, 1.807) is 0 Å². The van der Waals surface area contributed by atoms with Gasteiger partial charge in [0.2, 0.25) is 0 Å². The van der Waals surface area contributed by atoms with Crippen molar-refractivity contribution < 1.29 is 23.8 Å². The van der Waals surface area contributed by atoms with Gasteiger partial charge in [-0.15, -0.1) is 12.4 Å². The molecule has 0 spiro atoms. The highest BCUT2D eigenvalue weighted by atomic mass is 35.5. The van der Waals surface area contributed by atoms with Gasteiger partial charge < -0.3 is 24.8 Å². The number of carboxylic acid groups (broad SMARTS) is 1. The van der Waals surface area contributed by atoms with Gasteiger partial charge in [-0.25, -0.2) is 9.18 Å². The number of piperidine rings is 1. The van der Waals surface area contributed by atoms with Crippen LogP contribution in [0.3, 0.4) is 0 Å². The molecule has 4 heterocycles. The third-order valence-electron chi connectivity index (χ3n) is 7.32. The lowest BCUT2D eigenvalue weighted by Gasteiger charge is -2.42. The summed E-state index contributed by atoms with van der Waals surface area (Å²) in [5.41, 5.74) is 1.63. The van der Waals surface area contributed by atoms with Gasteiger partial charge >= 0.3 is 5.97 Å². The predicted octanol–water partition coefficient (Wildman–Crippen LogP) is 2.92. The predicted molar refractivity (Wildman–Crippen MR) is 128 cm³/mol. The largest absolute Gasteiger partial charge is 0.477 e. The van der Waals surface area contributed by atoms with Gasteiger partial charge in [-0.3, -0.25) is 9.20 Å². The zero-order valence-electron chi connectivity index (χ0n) is 19.4. The number of carbonyl (C=O) groups is 1. The zero-order valence-corrected chi connectivity index (χ0v) is 20.3. The standard InChI is InChI=1S/C24H30FN3O5.ClH/c1-14-20-17(15-3-4-15)11-18(23(30)31)22(29)28(20)12-19(25)21(14)27-7-5-16(6-8-27)24(13-26-2)32-9-10-33-24;/h11-12,15-16,26H,3-10,13H2,1-2H3,(H,30,31);1H. The van der Waals surface area contributed by atoms with Crippen molar-refractivity contribution in [3.63, 3.8) is 0 Å². The lowest BCUT2D eigenvalue weighted by atomic mass is 9.87. The summed E-state index contributed by atoms with van der Waals surface area (Å²) in [5, 5.41) is 12.7. The average Bonchev–Trinajstić information content (AvgIpc) is 3.53. The number of aromatic nitrogens is 1. The van der Waals surface area contributed by atoms with Crippen LogP contribution in [0.2, 0.25) is 0 Å². The molecule has 1 saturated carbocycles. The Kier molecular flexibility index (Phi) is 6.92. The van der Waals surface area contributed by atoms with E-state index in [0.717, 1.165) is 37.4 Å². The second-order valence-corrected chi connectivity index (χ2v) is 9.37. The number of aryl methyl sites for hydroxylation is 1. The second kappa shape index (κ2) is 9.45. The maximum absolute atomic E-state index is 15.4. The van der Waals surface area contributed by atoms with E-state index in [-0.39, 0.29) is 29.8 Å². The Balaban J connectivity index is 0.00000274. The van der Waals surface area contributed by atoms with Gasteiger partial charge in [0.1, 0.15) is 5.56 Å². The molecule has 2 aliphatic heterocycles. The lowest BCUT2D eigenvalue weighted by Crippen LogP contribution is -2.51. The number of ether oxygens (including phenoxy) is 2. The molecular weight excluding hydrogens is 465 g/mol. The molecule has 2 aromatic rings. The molecule has 2 saturated heterocycles. The van der Waals surface area contributed by atoms with Crippen molar-refractivity contribution in [3.8, 4) is 0 Å². The van der Waals surface area contributed by atoms with Crippen LogP contribution >= 0.6 is 12.4 Å². The molecule has 3 aliphatic rings. The molecule has 186 valence electrons. The minimum Gasteiger partial charge on any atom is -0.477 e. The Morgan fingerprint density at radius 2 is 1.88 bits per heavy atom. The summed E-state index contributed by atoms with van der Waals surface area (Å²) in [7, 11) is 1.88. The van der Waals surface area contributed by atoms with Crippen LogP contribution < -0.4 is 15.8 Å².